The SMILES string of the molecule is COc1ccc(-c2nc(S(=O)(=O)c3ccc4c(c3)OCCO4)c(N3CCN(c4cccc(Cl)c4)CC3)o2)cc1. The van der Waals surface area contributed by atoms with Crippen molar-refractivity contribution in [2.75, 3.05) is 56.3 Å². The molecule has 3 aromatic carbocycles. The van der Waals surface area contributed by atoms with E-state index < -0.39 is 9.84 Å². The Kier molecular flexibility index (Phi) is 6.74. The van der Waals surface area contributed by atoms with Crippen LogP contribution < -0.4 is 24.0 Å². The van der Waals surface area contributed by atoms with Gasteiger partial charge in [0.1, 0.15) is 19.0 Å². The van der Waals surface area contributed by atoms with Gasteiger partial charge in [-0.05, 0) is 54.6 Å². The minimum atomic E-state index is -4.06. The van der Waals surface area contributed by atoms with Crippen LogP contribution in [0.5, 0.6) is 17.2 Å². The average Bonchev–Trinajstić information content (AvgIpc) is 3.44. The first kappa shape index (κ1) is 25.4. The lowest BCUT2D eigenvalue weighted by molar-refractivity contribution is 0.171. The summed E-state index contributed by atoms with van der Waals surface area (Å²) in [7, 11) is -2.48. The van der Waals surface area contributed by atoms with E-state index in [1.165, 1.54) is 12.1 Å². The molecule has 2 aliphatic rings. The van der Waals surface area contributed by atoms with Gasteiger partial charge in [-0.1, -0.05) is 17.7 Å². The van der Waals surface area contributed by atoms with Gasteiger partial charge in [-0.25, -0.2) is 8.42 Å². The fraction of sp³-hybridized carbons (Fsp3) is 0.250. The topological polar surface area (TPSA) is 94.3 Å². The lowest BCUT2D eigenvalue weighted by Gasteiger charge is -2.36. The van der Waals surface area contributed by atoms with E-state index in [1.807, 2.05) is 29.2 Å². The normalized spacial score (nSPS) is 15.3. The summed E-state index contributed by atoms with van der Waals surface area (Å²) >= 11 is 6.19. The zero-order valence-electron chi connectivity index (χ0n) is 21.2. The molecule has 202 valence electrons. The van der Waals surface area contributed by atoms with Crippen LogP contribution in [0, 0.1) is 0 Å². The summed E-state index contributed by atoms with van der Waals surface area (Å²) < 4.78 is 50.6. The van der Waals surface area contributed by atoms with E-state index in [1.54, 1.807) is 37.4 Å². The van der Waals surface area contributed by atoms with Crippen molar-refractivity contribution in [1.29, 1.82) is 0 Å². The van der Waals surface area contributed by atoms with Crippen LogP contribution in [0.3, 0.4) is 0 Å². The predicted molar refractivity (Wildman–Crippen MR) is 147 cm³/mol. The highest BCUT2D eigenvalue weighted by atomic mass is 35.5. The van der Waals surface area contributed by atoms with Crippen molar-refractivity contribution in [3.8, 4) is 28.7 Å². The Hall–Kier alpha value is -3.89. The largest absolute Gasteiger partial charge is 0.497 e. The number of ether oxygens (including phenoxy) is 3. The number of fused-ring (bicyclic) bond motifs is 1. The Morgan fingerprint density at radius 3 is 2.31 bits per heavy atom. The summed E-state index contributed by atoms with van der Waals surface area (Å²) in [5, 5.41) is 0.531. The quantitative estimate of drug-likeness (QED) is 0.321. The van der Waals surface area contributed by atoms with Crippen LogP contribution in [0.25, 0.3) is 11.5 Å². The van der Waals surface area contributed by atoms with Crippen molar-refractivity contribution in [3.63, 3.8) is 0 Å². The van der Waals surface area contributed by atoms with E-state index in [9.17, 15) is 8.42 Å². The van der Waals surface area contributed by atoms with E-state index in [0.29, 0.717) is 67.2 Å². The molecular formula is C28H26ClN3O6S. The van der Waals surface area contributed by atoms with Crippen LogP contribution in [0.15, 0.2) is 81.1 Å². The molecule has 9 nitrogen and oxygen atoms in total. The molecule has 0 atom stereocenters. The third-order valence-electron chi connectivity index (χ3n) is 6.74. The van der Waals surface area contributed by atoms with Crippen LogP contribution in [-0.2, 0) is 9.84 Å². The monoisotopic (exact) mass is 567 g/mol. The number of rotatable bonds is 6. The Balaban J connectivity index is 1.36. The van der Waals surface area contributed by atoms with Gasteiger partial charge in [0.25, 0.3) is 0 Å². The number of hydrogen-bond donors (Lipinski definition) is 0. The number of halogens is 1. The molecule has 0 unspecified atom stereocenters. The molecule has 39 heavy (non-hydrogen) atoms. The second-order valence-corrected chi connectivity index (χ2v) is 11.4. The van der Waals surface area contributed by atoms with Crippen LogP contribution in [-0.4, -0.2) is 59.9 Å². The van der Waals surface area contributed by atoms with Crippen molar-refractivity contribution < 1.29 is 27.0 Å². The molecule has 6 rings (SSSR count). The summed E-state index contributed by atoms with van der Waals surface area (Å²) in [5.41, 5.74) is 1.65. The number of aromatic nitrogens is 1. The van der Waals surface area contributed by atoms with Crippen molar-refractivity contribution in [2.45, 2.75) is 9.92 Å². The van der Waals surface area contributed by atoms with E-state index in [-0.39, 0.29) is 21.7 Å². The van der Waals surface area contributed by atoms with Gasteiger partial charge in [0.15, 0.2) is 11.5 Å². The van der Waals surface area contributed by atoms with Gasteiger partial charge in [-0.3, -0.25) is 0 Å². The first-order valence-corrected chi connectivity index (χ1v) is 14.3. The lowest BCUT2D eigenvalue weighted by Crippen LogP contribution is -2.46. The van der Waals surface area contributed by atoms with Gasteiger partial charge in [-0.15, -0.1) is 0 Å². The third-order valence-corrected chi connectivity index (χ3v) is 8.62. The van der Waals surface area contributed by atoms with Crippen molar-refractivity contribution in [1.82, 2.24) is 4.98 Å². The number of hydrogen-bond acceptors (Lipinski definition) is 9. The van der Waals surface area contributed by atoms with Gasteiger partial charge in [-0.2, -0.15) is 4.98 Å². The van der Waals surface area contributed by atoms with Crippen molar-refractivity contribution in [3.05, 3.63) is 71.8 Å². The molecule has 0 aliphatic carbocycles. The molecule has 0 spiro atoms. The zero-order valence-corrected chi connectivity index (χ0v) is 22.7. The lowest BCUT2D eigenvalue weighted by atomic mass is 10.2. The highest BCUT2D eigenvalue weighted by Gasteiger charge is 2.34. The molecule has 0 amide bonds. The molecule has 0 saturated carbocycles. The zero-order chi connectivity index (χ0) is 27.0. The van der Waals surface area contributed by atoms with E-state index in [2.05, 4.69) is 9.88 Å². The van der Waals surface area contributed by atoms with Gasteiger partial charge < -0.3 is 28.4 Å². The molecule has 3 heterocycles. The predicted octanol–water partition coefficient (Wildman–Crippen LogP) is 4.93. The number of piperazine rings is 1. The highest BCUT2D eigenvalue weighted by Crippen LogP contribution is 2.39. The maximum atomic E-state index is 14.0. The summed E-state index contributed by atoms with van der Waals surface area (Å²) in [5.74, 6) is 1.99. The third kappa shape index (κ3) is 4.97. The first-order valence-electron chi connectivity index (χ1n) is 12.5. The minimum absolute atomic E-state index is 0.0557. The number of nitrogens with zero attached hydrogens (tertiary/aromatic N) is 3. The molecule has 1 saturated heterocycles. The second-order valence-electron chi connectivity index (χ2n) is 9.12. The average molecular weight is 568 g/mol. The Morgan fingerprint density at radius 1 is 0.872 bits per heavy atom. The molecule has 0 N–H and O–H groups in total. The number of oxazole rings is 1. The van der Waals surface area contributed by atoms with Crippen LogP contribution in [0.1, 0.15) is 0 Å². The van der Waals surface area contributed by atoms with Gasteiger partial charge in [0.05, 0.1) is 12.0 Å². The van der Waals surface area contributed by atoms with Crippen molar-refractivity contribution in [2.24, 2.45) is 0 Å². The van der Waals surface area contributed by atoms with E-state index >= 15 is 0 Å². The maximum absolute atomic E-state index is 14.0. The fourth-order valence-corrected chi connectivity index (χ4v) is 6.19. The molecule has 1 fully saturated rings. The van der Waals surface area contributed by atoms with Crippen LogP contribution in [0.4, 0.5) is 11.6 Å². The molecule has 4 aromatic rings. The van der Waals surface area contributed by atoms with Crippen molar-refractivity contribution >= 4 is 33.0 Å². The Bertz CT molecular complexity index is 1600. The minimum Gasteiger partial charge on any atom is -0.497 e. The second kappa shape index (κ2) is 10.3. The summed E-state index contributed by atoms with van der Waals surface area (Å²) in [4.78, 5) is 8.70. The Morgan fingerprint density at radius 2 is 1.59 bits per heavy atom. The molecule has 2 aliphatic heterocycles. The molecule has 0 radical (unpaired) electrons. The summed E-state index contributed by atoms with van der Waals surface area (Å²) in [6, 6.07) is 19.4. The number of sulfone groups is 1. The van der Waals surface area contributed by atoms with E-state index in [4.69, 9.17) is 30.2 Å². The van der Waals surface area contributed by atoms with Crippen LogP contribution >= 0.6 is 11.6 Å². The molecule has 0 bridgehead atoms. The van der Waals surface area contributed by atoms with Gasteiger partial charge >= 0.3 is 0 Å². The smallest absolute Gasteiger partial charge is 0.236 e. The number of benzene rings is 3. The van der Waals surface area contributed by atoms with Crippen LogP contribution in [0.2, 0.25) is 5.02 Å². The van der Waals surface area contributed by atoms with E-state index in [0.717, 1.165) is 5.69 Å². The molecule has 1 aromatic heterocycles. The number of anilines is 2. The number of methoxy groups -OCH3 is 1. The molecule has 11 heteroatoms. The van der Waals surface area contributed by atoms with Gasteiger partial charge in [0, 0.05) is 48.5 Å². The first-order chi connectivity index (χ1) is 18.9. The maximum Gasteiger partial charge on any atom is 0.236 e. The summed E-state index contributed by atoms with van der Waals surface area (Å²) in [6.45, 7) is 3.15. The molecular weight excluding hydrogens is 542 g/mol. The van der Waals surface area contributed by atoms with Gasteiger partial charge in [0.2, 0.25) is 26.6 Å². The fourth-order valence-electron chi connectivity index (χ4n) is 4.67. The summed E-state index contributed by atoms with van der Waals surface area (Å²) in [6.07, 6.45) is 0. The standard InChI is InChI=1S/C28H26ClN3O6S/c1-35-22-7-5-19(6-8-22)26-30-27(39(33,34)23-9-10-24-25(18-23)37-16-15-36-24)28(38-26)32-13-11-31(12-14-32)21-4-2-3-20(29)17-21/h2-10,17-18H,11-16H2,1H3. The highest BCUT2D eigenvalue weighted by molar-refractivity contribution is 7.91. The Labute approximate surface area is 231 Å².